The fourth-order valence-electron chi connectivity index (χ4n) is 3.06. The van der Waals surface area contributed by atoms with Crippen molar-refractivity contribution in [3.8, 4) is 5.69 Å². The summed E-state index contributed by atoms with van der Waals surface area (Å²) >= 11 is 5.91. The van der Waals surface area contributed by atoms with E-state index in [1.54, 1.807) is 10.9 Å². The lowest BCUT2D eigenvalue weighted by Gasteiger charge is -2.22. The lowest BCUT2D eigenvalue weighted by molar-refractivity contribution is 0.0950. The Morgan fingerprint density at radius 3 is 2.84 bits per heavy atom. The van der Waals surface area contributed by atoms with E-state index in [-0.39, 0.29) is 18.3 Å². The number of rotatable bonds is 5. The van der Waals surface area contributed by atoms with Gasteiger partial charge in [0.05, 0.1) is 16.9 Å². The summed E-state index contributed by atoms with van der Waals surface area (Å²) in [7, 11) is 0. The summed E-state index contributed by atoms with van der Waals surface area (Å²) in [6.45, 7) is 4.73. The van der Waals surface area contributed by atoms with Gasteiger partial charge < -0.3 is 10.6 Å². The summed E-state index contributed by atoms with van der Waals surface area (Å²) in [6, 6.07) is 7.39. The number of amides is 1. The molecule has 0 saturated carbocycles. The van der Waals surface area contributed by atoms with E-state index in [4.69, 9.17) is 11.6 Å². The van der Waals surface area contributed by atoms with E-state index in [0.29, 0.717) is 23.0 Å². The Morgan fingerprint density at radius 1 is 1.40 bits per heavy atom. The molecular weight excluding hydrogens is 359 g/mol. The molecular formula is C18H24Cl2N4O. The van der Waals surface area contributed by atoms with E-state index >= 15 is 0 Å². The number of hydrogen-bond acceptors (Lipinski definition) is 3. The summed E-state index contributed by atoms with van der Waals surface area (Å²) in [6.07, 6.45) is 5.27. The molecule has 1 aliphatic rings. The van der Waals surface area contributed by atoms with Gasteiger partial charge in [-0.3, -0.25) is 4.79 Å². The molecule has 1 atom stereocenters. The molecule has 1 aromatic heterocycles. The van der Waals surface area contributed by atoms with Gasteiger partial charge in [0.1, 0.15) is 0 Å². The Balaban J connectivity index is 0.00000225. The number of nitrogens with one attached hydrogen (secondary N) is 2. The van der Waals surface area contributed by atoms with Gasteiger partial charge in [0.2, 0.25) is 0 Å². The summed E-state index contributed by atoms with van der Waals surface area (Å²) < 4.78 is 1.71. The molecule has 0 radical (unpaired) electrons. The summed E-state index contributed by atoms with van der Waals surface area (Å²) in [4.78, 5) is 12.4. The molecule has 25 heavy (non-hydrogen) atoms. The Morgan fingerprint density at radius 2 is 2.16 bits per heavy atom. The van der Waals surface area contributed by atoms with Crippen LogP contribution in [0.3, 0.4) is 0 Å². The number of benzene rings is 1. The van der Waals surface area contributed by atoms with Crippen molar-refractivity contribution in [3.05, 3.63) is 46.7 Å². The molecule has 2 aromatic rings. The molecule has 1 saturated heterocycles. The zero-order valence-electron chi connectivity index (χ0n) is 14.3. The first kappa shape index (κ1) is 19.8. The monoisotopic (exact) mass is 382 g/mol. The minimum absolute atomic E-state index is 0. The molecule has 136 valence electrons. The van der Waals surface area contributed by atoms with Crippen molar-refractivity contribution in [2.24, 2.45) is 5.92 Å². The number of carbonyl (C=O) groups is 1. The Kier molecular flexibility index (Phi) is 7.29. The predicted molar refractivity (Wildman–Crippen MR) is 103 cm³/mol. The highest BCUT2D eigenvalue weighted by Gasteiger charge is 2.16. The van der Waals surface area contributed by atoms with Gasteiger partial charge in [-0.25, -0.2) is 4.68 Å². The first-order valence-corrected chi connectivity index (χ1v) is 8.82. The molecule has 0 bridgehead atoms. The van der Waals surface area contributed by atoms with E-state index < -0.39 is 0 Å². The topological polar surface area (TPSA) is 59.0 Å². The predicted octanol–water partition coefficient (Wildman–Crippen LogP) is 3.38. The van der Waals surface area contributed by atoms with Crippen LogP contribution in [0, 0.1) is 12.8 Å². The average molecular weight is 383 g/mol. The molecule has 7 heteroatoms. The van der Waals surface area contributed by atoms with Gasteiger partial charge in [0.15, 0.2) is 0 Å². The van der Waals surface area contributed by atoms with Crippen LogP contribution >= 0.6 is 24.0 Å². The van der Waals surface area contributed by atoms with Crippen molar-refractivity contribution in [1.82, 2.24) is 20.4 Å². The molecule has 3 rings (SSSR count). The lowest BCUT2D eigenvalue weighted by Crippen LogP contribution is -2.33. The van der Waals surface area contributed by atoms with Crippen LogP contribution in [0.5, 0.6) is 0 Å². The van der Waals surface area contributed by atoms with Crippen LogP contribution in [0.4, 0.5) is 0 Å². The Hall–Kier alpha value is -1.56. The van der Waals surface area contributed by atoms with Gasteiger partial charge in [-0.1, -0.05) is 11.6 Å². The normalized spacial score (nSPS) is 17.0. The maximum atomic E-state index is 12.4. The van der Waals surface area contributed by atoms with Crippen molar-refractivity contribution in [3.63, 3.8) is 0 Å². The van der Waals surface area contributed by atoms with Crippen LogP contribution in [0.1, 0.15) is 35.3 Å². The van der Waals surface area contributed by atoms with Gasteiger partial charge >= 0.3 is 0 Å². The number of carbonyl (C=O) groups excluding carboxylic acids is 1. The van der Waals surface area contributed by atoms with Crippen LogP contribution in [0.25, 0.3) is 5.69 Å². The van der Waals surface area contributed by atoms with Crippen molar-refractivity contribution in [2.45, 2.75) is 26.2 Å². The van der Waals surface area contributed by atoms with E-state index in [1.807, 2.05) is 31.2 Å². The highest BCUT2D eigenvalue weighted by Crippen LogP contribution is 2.16. The third-order valence-electron chi connectivity index (χ3n) is 4.47. The maximum Gasteiger partial charge on any atom is 0.254 e. The Bertz CT molecular complexity index is 694. The van der Waals surface area contributed by atoms with E-state index in [1.165, 1.54) is 12.8 Å². The average Bonchev–Trinajstić information content (AvgIpc) is 2.98. The first-order valence-electron chi connectivity index (χ1n) is 8.44. The second kappa shape index (κ2) is 9.22. The molecule has 1 amide bonds. The second-order valence-corrected chi connectivity index (χ2v) is 6.74. The first-order chi connectivity index (χ1) is 11.6. The fourth-order valence-corrected chi connectivity index (χ4v) is 3.19. The molecule has 0 spiro atoms. The van der Waals surface area contributed by atoms with Gasteiger partial charge in [0.25, 0.3) is 5.91 Å². The highest BCUT2D eigenvalue weighted by atomic mass is 35.5. The quantitative estimate of drug-likeness (QED) is 0.832. The number of aromatic nitrogens is 2. The zero-order chi connectivity index (χ0) is 16.9. The molecule has 0 aliphatic carbocycles. The van der Waals surface area contributed by atoms with E-state index in [9.17, 15) is 4.79 Å². The van der Waals surface area contributed by atoms with Gasteiger partial charge in [0, 0.05) is 17.8 Å². The SMILES string of the molecule is Cc1nn(-c2ccc(Cl)cc2)cc1C(=O)NCCC1CCCNC1.Cl. The van der Waals surface area contributed by atoms with Crippen molar-refractivity contribution in [2.75, 3.05) is 19.6 Å². The number of aryl methyl sites for hydroxylation is 1. The van der Waals surface area contributed by atoms with Crippen molar-refractivity contribution < 1.29 is 4.79 Å². The van der Waals surface area contributed by atoms with Crippen LogP contribution in [0.15, 0.2) is 30.5 Å². The zero-order valence-corrected chi connectivity index (χ0v) is 15.9. The van der Waals surface area contributed by atoms with Crippen LogP contribution in [0.2, 0.25) is 5.02 Å². The molecule has 1 fully saturated rings. The summed E-state index contributed by atoms with van der Waals surface area (Å²) in [5, 5.41) is 11.5. The van der Waals surface area contributed by atoms with Crippen LogP contribution in [-0.4, -0.2) is 35.3 Å². The van der Waals surface area contributed by atoms with E-state index in [2.05, 4.69) is 15.7 Å². The molecule has 1 unspecified atom stereocenters. The maximum absolute atomic E-state index is 12.4. The van der Waals surface area contributed by atoms with Crippen molar-refractivity contribution in [1.29, 1.82) is 0 Å². The third kappa shape index (κ3) is 5.21. The summed E-state index contributed by atoms with van der Waals surface area (Å²) in [5.41, 5.74) is 2.23. The number of nitrogens with zero attached hydrogens (tertiary/aromatic N) is 2. The molecule has 1 aliphatic heterocycles. The van der Waals surface area contributed by atoms with Crippen LogP contribution < -0.4 is 10.6 Å². The van der Waals surface area contributed by atoms with Crippen LogP contribution in [-0.2, 0) is 0 Å². The molecule has 2 N–H and O–H groups in total. The van der Waals surface area contributed by atoms with Crippen molar-refractivity contribution >= 4 is 29.9 Å². The van der Waals surface area contributed by atoms with Gasteiger partial charge in [-0.2, -0.15) is 5.10 Å². The molecule has 1 aromatic carbocycles. The third-order valence-corrected chi connectivity index (χ3v) is 4.72. The smallest absolute Gasteiger partial charge is 0.254 e. The Labute approximate surface area is 159 Å². The minimum atomic E-state index is -0.0588. The standard InChI is InChI=1S/C18H23ClN4O.ClH/c1-13-17(12-23(22-13)16-6-4-15(19)5-7-16)18(24)21-10-8-14-3-2-9-20-11-14;/h4-7,12,14,20H,2-3,8-11H2,1H3,(H,21,24);1H. The van der Waals surface area contributed by atoms with Gasteiger partial charge in [-0.05, 0) is 69.5 Å². The van der Waals surface area contributed by atoms with Gasteiger partial charge in [-0.15, -0.1) is 12.4 Å². The number of halogens is 2. The largest absolute Gasteiger partial charge is 0.352 e. The lowest BCUT2D eigenvalue weighted by atomic mass is 9.96. The second-order valence-electron chi connectivity index (χ2n) is 6.31. The summed E-state index contributed by atoms with van der Waals surface area (Å²) in [5.74, 6) is 0.605. The fraction of sp³-hybridized carbons (Fsp3) is 0.444. The molecule has 5 nitrogen and oxygen atoms in total. The molecule has 2 heterocycles. The highest BCUT2D eigenvalue weighted by molar-refractivity contribution is 6.30. The van der Waals surface area contributed by atoms with E-state index in [0.717, 1.165) is 30.9 Å². The minimum Gasteiger partial charge on any atom is -0.352 e. The number of piperidine rings is 1. The number of hydrogen-bond donors (Lipinski definition) is 2.